The van der Waals surface area contributed by atoms with Crippen LogP contribution in [-0.2, 0) is 9.53 Å². The molecule has 2 aliphatic rings. The van der Waals surface area contributed by atoms with Gasteiger partial charge >= 0.3 is 6.09 Å². The lowest BCUT2D eigenvalue weighted by molar-refractivity contribution is -0.110. The molecule has 2 unspecified atom stereocenters. The fraction of sp³-hybridized carbons (Fsp3) is 0.478. The number of halogens is 1. The zero-order valence-electron chi connectivity index (χ0n) is 19.2. The van der Waals surface area contributed by atoms with E-state index in [1.165, 1.54) is 0 Å². The third kappa shape index (κ3) is 5.64. The predicted octanol–water partition coefficient (Wildman–Crippen LogP) is 2.72. The first kappa shape index (κ1) is 23.5. The van der Waals surface area contributed by atoms with E-state index < -0.39 is 5.82 Å². The molecule has 1 aromatic heterocycles. The van der Waals surface area contributed by atoms with Crippen LogP contribution in [0.3, 0.4) is 0 Å². The standard InChI is InChI=1S/C23H30FN7O3/c1-2-34-23(33)31-11-9-30(10-12-31)17-6-3-5-16(13-17)27-22-25-14-18(24)21(29-22)28-20-8-4-7-19(20)26-15-32/h3,5-6,13-15,19-20H,2,4,7-12H2,1H3,(H,26,32)(H2,25,27,28,29). The van der Waals surface area contributed by atoms with E-state index in [0.29, 0.717) is 39.2 Å². The van der Waals surface area contributed by atoms with Gasteiger partial charge in [0.15, 0.2) is 11.6 Å². The van der Waals surface area contributed by atoms with Crippen LogP contribution in [0.25, 0.3) is 0 Å². The summed E-state index contributed by atoms with van der Waals surface area (Å²) in [7, 11) is 0. The second kappa shape index (κ2) is 11.0. The van der Waals surface area contributed by atoms with Crippen molar-refractivity contribution in [3.8, 4) is 0 Å². The Kier molecular flexibility index (Phi) is 7.61. The molecule has 2 aromatic rings. The van der Waals surface area contributed by atoms with Crippen LogP contribution < -0.4 is 20.9 Å². The van der Waals surface area contributed by atoms with Gasteiger partial charge in [0.2, 0.25) is 12.4 Å². The minimum absolute atomic E-state index is 0.0516. The van der Waals surface area contributed by atoms with Crippen LogP contribution >= 0.6 is 0 Å². The van der Waals surface area contributed by atoms with E-state index in [1.54, 1.807) is 11.8 Å². The molecule has 1 aliphatic carbocycles. The summed E-state index contributed by atoms with van der Waals surface area (Å²) in [6.07, 6.45) is 4.15. The fourth-order valence-electron chi connectivity index (χ4n) is 4.40. The number of nitrogens with one attached hydrogen (secondary N) is 3. The first-order chi connectivity index (χ1) is 16.6. The van der Waals surface area contributed by atoms with Crippen molar-refractivity contribution in [2.24, 2.45) is 0 Å². The Morgan fingerprint density at radius 3 is 2.79 bits per heavy atom. The van der Waals surface area contributed by atoms with Gasteiger partial charge in [-0.3, -0.25) is 4.79 Å². The van der Waals surface area contributed by atoms with Gasteiger partial charge in [0, 0.05) is 49.6 Å². The van der Waals surface area contributed by atoms with Gasteiger partial charge in [0.05, 0.1) is 12.8 Å². The van der Waals surface area contributed by atoms with E-state index in [4.69, 9.17) is 4.74 Å². The van der Waals surface area contributed by atoms with E-state index in [1.807, 2.05) is 24.3 Å². The van der Waals surface area contributed by atoms with Crippen LogP contribution in [-0.4, -0.2) is 72.2 Å². The average Bonchev–Trinajstić information content (AvgIpc) is 3.28. The number of carbonyl (C=O) groups excluding carboxylic acids is 2. The Morgan fingerprint density at radius 2 is 2.03 bits per heavy atom. The highest BCUT2D eigenvalue weighted by Gasteiger charge is 2.28. The molecule has 11 heteroatoms. The molecule has 0 bridgehead atoms. The van der Waals surface area contributed by atoms with Crippen molar-refractivity contribution in [3.05, 3.63) is 36.3 Å². The molecule has 4 rings (SSSR count). The number of hydrogen-bond acceptors (Lipinski definition) is 8. The van der Waals surface area contributed by atoms with Gasteiger partial charge in [-0.1, -0.05) is 6.07 Å². The van der Waals surface area contributed by atoms with Gasteiger partial charge in [0.1, 0.15) is 0 Å². The molecule has 2 heterocycles. The molecule has 2 atom stereocenters. The highest BCUT2D eigenvalue weighted by molar-refractivity contribution is 5.68. The smallest absolute Gasteiger partial charge is 0.409 e. The second-order valence-electron chi connectivity index (χ2n) is 8.31. The van der Waals surface area contributed by atoms with Gasteiger partial charge in [-0.15, -0.1) is 0 Å². The van der Waals surface area contributed by atoms with Gasteiger partial charge < -0.3 is 30.5 Å². The summed E-state index contributed by atoms with van der Waals surface area (Å²) < 4.78 is 19.4. The summed E-state index contributed by atoms with van der Waals surface area (Å²) >= 11 is 0. The lowest BCUT2D eigenvalue weighted by Gasteiger charge is -2.35. The second-order valence-corrected chi connectivity index (χ2v) is 8.31. The number of ether oxygens (including phenoxy) is 1. The minimum Gasteiger partial charge on any atom is -0.450 e. The summed E-state index contributed by atoms with van der Waals surface area (Å²) in [5.74, 6) is -0.171. The summed E-state index contributed by atoms with van der Waals surface area (Å²) in [6, 6.07) is 7.65. The summed E-state index contributed by atoms with van der Waals surface area (Å²) in [4.78, 5) is 35.0. The van der Waals surface area contributed by atoms with Crippen molar-refractivity contribution in [1.82, 2.24) is 20.2 Å². The number of carbonyl (C=O) groups is 2. The van der Waals surface area contributed by atoms with Crippen LogP contribution in [0.5, 0.6) is 0 Å². The molecule has 1 saturated carbocycles. The van der Waals surface area contributed by atoms with Gasteiger partial charge in [0.25, 0.3) is 0 Å². The molecule has 182 valence electrons. The maximum atomic E-state index is 14.4. The first-order valence-electron chi connectivity index (χ1n) is 11.6. The Morgan fingerprint density at radius 1 is 1.24 bits per heavy atom. The third-order valence-electron chi connectivity index (χ3n) is 6.14. The lowest BCUT2D eigenvalue weighted by Crippen LogP contribution is -2.49. The Labute approximate surface area is 197 Å². The zero-order valence-corrected chi connectivity index (χ0v) is 19.2. The Balaban J connectivity index is 1.40. The maximum absolute atomic E-state index is 14.4. The van der Waals surface area contributed by atoms with E-state index in [-0.39, 0.29) is 29.9 Å². The van der Waals surface area contributed by atoms with Crippen LogP contribution in [0.4, 0.5) is 32.3 Å². The summed E-state index contributed by atoms with van der Waals surface area (Å²) in [5, 5.41) is 9.04. The van der Waals surface area contributed by atoms with Gasteiger partial charge in [-0.25, -0.2) is 14.2 Å². The van der Waals surface area contributed by atoms with Crippen molar-refractivity contribution in [2.45, 2.75) is 38.3 Å². The number of hydrogen-bond donors (Lipinski definition) is 3. The number of rotatable bonds is 8. The number of benzene rings is 1. The highest BCUT2D eigenvalue weighted by atomic mass is 19.1. The van der Waals surface area contributed by atoms with Crippen molar-refractivity contribution in [2.75, 3.05) is 48.3 Å². The Hall–Kier alpha value is -3.63. The number of amides is 2. The highest BCUT2D eigenvalue weighted by Crippen LogP contribution is 2.26. The van der Waals surface area contributed by atoms with Crippen molar-refractivity contribution >= 4 is 35.6 Å². The molecule has 10 nitrogen and oxygen atoms in total. The number of nitrogens with zero attached hydrogens (tertiary/aromatic N) is 4. The first-order valence-corrected chi connectivity index (χ1v) is 11.6. The molecular weight excluding hydrogens is 441 g/mol. The zero-order chi connectivity index (χ0) is 23.9. The molecular formula is C23H30FN7O3. The van der Waals surface area contributed by atoms with E-state index >= 15 is 0 Å². The minimum atomic E-state index is -0.546. The number of aromatic nitrogens is 2. The van der Waals surface area contributed by atoms with E-state index in [0.717, 1.165) is 36.8 Å². The van der Waals surface area contributed by atoms with Crippen LogP contribution in [0.2, 0.25) is 0 Å². The third-order valence-corrected chi connectivity index (χ3v) is 6.14. The SMILES string of the molecule is CCOC(=O)N1CCN(c2cccc(Nc3ncc(F)c(NC4CCCC4NC=O)n3)c2)CC1. The molecule has 2 amide bonds. The average molecular weight is 472 g/mol. The summed E-state index contributed by atoms with van der Waals surface area (Å²) in [5.41, 5.74) is 1.77. The molecule has 34 heavy (non-hydrogen) atoms. The number of piperazine rings is 1. The predicted molar refractivity (Wildman–Crippen MR) is 127 cm³/mol. The summed E-state index contributed by atoms with van der Waals surface area (Å²) in [6.45, 7) is 4.74. The van der Waals surface area contributed by atoms with E-state index in [9.17, 15) is 14.0 Å². The van der Waals surface area contributed by atoms with Crippen molar-refractivity contribution in [3.63, 3.8) is 0 Å². The maximum Gasteiger partial charge on any atom is 0.409 e. The van der Waals surface area contributed by atoms with E-state index in [2.05, 4.69) is 30.8 Å². The monoisotopic (exact) mass is 471 g/mol. The van der Waals surface area contributed by atoms with Gasteiger partial charge in [-0.2, -0.15) is 4.98 Å². The van der Waals surface area contributed by atoms with Crippen LogP contribution in [0.15, 0.2) is 30.5 Å². The molecule has 1 aliphatic heterocycles. The van der Waals surface area contributed by atoms with Crippen LogP contribution in [0.1, 0.15) is 26.2 Å². The largest absolute Gasteiger partial charge is 0.450 e. The molecule has 1 saturated heterocycles. The molecule has 0 spiro atoms. The molecule has 0 radical (unpaired) electrons. The Bertz CT molecular complexity index is 1000. The fourth-order valence-corrected chi connectivity index (χ4v) is 4.40. The quantitative estimate of drug-likeness (QED) is 0.504. The number of anilines is 4. The molecule has 3 N–H and O–H groups in total. The lowest BCUT2D eigenvalue weighted by atomic mass is 10.2. The van der Waals surface area contributed by atoms with Crippen molar-refractivity contribution < 1.29 is 18.7 Å². The topological polar surface area (TPSA) is 112 Å². The van der Waals surface area contributed by atoms with Gasteiger partial charge in [-0.05, 0) is 44.4 Å². The molecule has 1 aromatic carbocycles. The molecule has 2 fully saturated rings. The van der Waals surface area contributed by atoms with Crippen LogP contribution in [0, 0.1) is 5.82 Å². The van der Waals surface area contributed by atoms with Crippen molar-refractivity contribution in [1.29, 1.82) is 0 Å². The normalized spacial score (nSPS) is 20.1.